The van der Waals surface area contributed by atoms with E-state index in [-0.39, 0.29) is 24.1 Å². The minimum absolute atomic E-state index is 0.0671. The maximum absolute atomic E-state index is 12.9. The minimum Gasteiger partial charge on any atom is -0.385 e. The fraction of sp³-hybridized carbons (Fsp3) is 0.481. The van der Waals surface area contributed by atoms with Crippen LogP contribution in [0.5, 0.6) is 0 Å². The van der Waals surface area contributed by atoms with Crippen molar-refractivity contribution in [3.63, 3.8) is 0 Å². The molecule has 2 aliphatic rings. The molecule has 2 aromatic rings. The van der Waals surface area contributed by atoms with E-state index in [0.717, 1.165) is 55.1 Å². The Kier molecular flexibility index (Phi) is 8.20. The largest absolute Gasteiger partial charge is 0.416 e. The molecule has 1 aliphatic carbocycles. The number of aliphatic hydroxyl groups is 1. The molecule has 200 valence electrons. The molecule has 0 bridgehead atoms. The molecule has 0 aromatic heterocycles. The second kappa shape index (κ2) is 11.2. The van der Waals surface area contributed by atoms with Gasteiger partial charge in [0.25, 0.3) is 5.91 Å². The van der Waals surface area contributed by atoms with Crippen LogP contribution in [0.15, 0.2) is 48.5 Å². The van der Waals surface area contributed by atoms with Crippen molar-refractivity contribution in [1.29, 1.82) is 0 Å². The van der Waals surface area contributed by atoms with E-state index in [1.165, 1.54) is 6.07 Å². The van der Waals surface area contributed by atoms with Gasteiger partial charge < -0.3 is 21.5 Å². The van der Waals surface area contributed by atoms with Gasteiger partial charge in [-0.2, -0.15) is 13.2 Å². The molecule has 0 radical (unpaired) electrons. The maximum Gasteiger partial charge on any atom is 0.416 e. The third-order valence-electron chi connectivity index (χ3n) is 7.47. The Balaban J connectivity index is 1.21. The second-order valence-electron chi connectivity index (χ2n) is 9.97. The van der Waals surface area contributed by atoms with E-state index >= 15 is 0 Å². The lowest BCUT2D eigenvalue weighted by atomic mass is 9.77. The highest BCUT2D eigenvalue weighted by atomic mass is 19.4. The molecule has 1 saturated carbocycles. The van der Waals surface area contributed by atoms with Crippen LogP contribution < -0.4 is 16.4 Å². The molecule has 4 rings (SSSR count). The number of nitrogens with zero attached hydrogens (tertiary/aromatic N) is 1. The SMILES string of the molecule is NCc1ccc(C2(O)CCC(N3CC[C@@H](NC(=O)CNC(=O)c4cccc(C(F)(F)F)c4)C3)CC2)cc1. The van der Waals surface area contributed by atoms with Crippen molar-refractivity contribution < 1.29 is 27.9 Å². The molecule has 2 amide bonds. The number of likely N-dealkylation sites (tertiary alicyclic amines) is 1. The van der Waals surface area contributed by atoms with E-state index < -0.39 is 23.2 Å². The van der Waals surface area contributed by atoms with Gasteiger partial charge in [0.15, 0.2) is 0 Å². The summed E-state index contributed by atoms with van der Waals surface area (Å²) in [5.41, 5.74) is 5.71. The van der Waals surface area contributed by atoms with Crippen molar-refractivity contribution in [1.82, 2.24) is 15.5 Å². The van der Waals surface area contributed by atoms with Crippen molar-refractivity contribution in [3.8, 4) is 0 Å². The molecule has 0 spiro atoms. The van der Waals surface area contributed by atoms with Gasteiger partial charge in [0.1, 0.15) is 0 Å². The predicted octanol–water partition coefficient (Wildman–Crippen LogP) is 2.91. The summed E-state index contributed by atoms with van der Waals surface area (Å²) in [6.45, 7) is 1.66. The topological polar surface area (TPSA) is 108 Å². The van der Waals surface area contributed by atoms with E-state index in [9.17, 15) is 27.9 Å². The highest BCUT2D eigenvalue weighted by molar-refractivity contribution is 5.96. The molecule has 2 aromatic carbocycles. The average molecular weight is 519 g/mol. The Labute approximate surface area is 214 Å². The van der Waals surface area contributed by atoms with Gasteiger partial charge >= 0.3 is 6.18 Å². The van der Waals surface area contributed by atoms with Crippen LogP contribution in [-0.4, -0.2) is 53.5 Å². The van der Waals surface area contributed by atoms with Crippen LogP contribution >= 0.6 is 0 Å². The summed E-state index contributed by atoms with van der Waals surface area (Å²) in [5, 5.41) is 16.5. The summed E-state index contributed by atoms with van der Waals surface area (Å²) < 4.78 is 38.6. The van der Waals surface area contributed by atoms with E-state index in [4.69, 9.17) is 5.73 Å². The lowest BCUT2D eigenvalue weighted by Crippen LogP contribution is -2.45. The predicted molar refractivity (Wildman–Crippen MR) is 132 cm³/mol. The molecular formula is C27H33F3N4O3. The molecule has 1 saturated heterocycles. The van der Waals surface area contributed by atoms with Crippen molar-refractivity contribution >= 4 is 11.8 Å². The first-order chi connectivity index (χ1) is 17.6. The zero-order valence-electron chi connectivity index (χ0n) is 20.6. The van der Waals surface area contributed by atoms with Gasteiger partial charge in [0.2, 0.25) is 5.91 Å². The molecule has 37 heavy (non-hydrogen) atoms. The number of carbonyl (C=O) groups is 2. The van der Waals surface area contributed by atoms with Gasteiger partial charge in [-0.1, -0.05) is 30.3 Å². The van der Waals surface area contributed by atoms with Crippen LogP contribution in [0.4, 0.5) is 13.2 Å². The highest BCUT2D eigenvalue weighted by Gasteiger charge is 2.38. The number of carbonyl (C=O) groups excluding carboxylic acids is 2. The van der Waals surface area contributed by atoms with Gasteiger partial charge in [-0.3, -0.25) is 14.5 Å². The Bertz CT molecular complexity index is 1100. The van der Waals surface area contributed by atoms with Crippen molar-refractivity contribution in [2.75, 3.05) is 19.6 Å². The first kappa shape index (κ1) is 27.1. The number of rotatable bonds is 7. The van der Waals surface area contributed by atoms with Gasteiger partial charge in [0.05, 0.1) is 17.7 Å². The summed E-state index contributed by atoms with van der Waals surface area (Å²) >= 11 is 0. The third kappa shape index (κ3) is 6.68. The number of nitrogens with one attached hydrogen (secondary N) is 2. The van der Waals surface area contributed by atoms with Crippen LogP contribution in [0.3, 0.4) is 0 Å². The van der Waals surface area contributed by atoms with Crippen LogP contribution in [0.1, 0.15) is 59.2 Å². The summed E-state index contributed by atoms with van der Waals surface area (Å²) in [6.07, 6.45) is -0.751. The number of alkyl halides is 3. The Morgan fingerprint density at radius 2 is 1.78 bits per heavy atom. The number of benzene rings is 2. The van der Waals surface area contributed by atoms with Crippen LogP contribution in [0, 0.1) is 0 Å². The molecule has 2 fully saturated rings. The second-order valence-corrected chi connectivity index (χ2v) is 9.97. The van der Waals surface area contributed by atoms with E-state index in [1.54, 1.807) is 0 Å². The third-order valence-corrected chi connectivity index (χ3v) is 7.47. The summed E-state index contributed by atoms with van der Waals surface area (Å²) in [5.74, 6) is -1.12. The number of hydrogen-bond acceptors (Lipinski definition) is 5. The summed E-state index contributed by atoms with van der Waals surface area (Å²) in [7, 11) is 0. The number of amides is 2. The molecule has 1 atom stereocenters. The number of halogens is 3. The quantitative estimate of drug-likeness (QED) is 0.451. The fourth-order valence-electron chi connectivity index (χ4n) is 5.30. The minimum atomic E-state index is -4.55. The summed E-state index contributed by atoms with van der Waals surface area (Å²) in [4.78, 5) is 26.9. The van der Waals surface area contributed by atoms with Crippen LogP contribution in [-0.2, 0) is 23.1 Å². The molecule has 10 heteroatoms. The monoisotopic (exact) mass is 518 g/mol. The van der Waals surface area contributed by atoms with E-state index in [1.807, 2.05) is 24.3 Å². The molecule has 1 heterocycles. The first-order valence-electron chi connectivity index (χ1n) is 12.6. The highest BCUT2D eigenvalue weighted by Crippen LogP contribution is 2.39. The molecule has 0 unspecified atom stereocenters. The number of hydrogen-bond donors (Lipinski definition) is 4. The lowest BCUT2D eigenvalue weighted by molar-refractivity contribution is -0.137. The van der Waals surface area contributed by atoms with Crippen molar-refractivity contribution in [2.24, 2.45) is 5.73 Å². The number of nitrogens with two attached hydrogens (primary N) is 1. The smallest absolute Gasteiger partial charge is 0.385 e. The van der Waals surface area contributed by atoms with Crippen LogP contribution in [0.2, 0.25) is 0 Å². The zero-order chi connectivity index (χ0) is 26.6. The van der Waals surface area contributed by atoms with Gasteiger partial charge in [-0.05, 0) is 61.4 Å². The van der Waals surface area contributed by atoms with E-state index in [2.05, 4.69) is 15.5 Å². The molecule has 7 nitrogen and oxygen atoms in total. The zero-order valence-corrected chi connectivity index (χ0v) is 20.6. The van der Waals surface area contributed by atoms with E-state index in [0.29, 0.717) is 32.0 Å². The molecule has 1 aliphatic heterocycles. The summed E-state index contributed by atoms with van der Waals surface area (Å²) in [6, 6.07) is 12.2. The Hall–Kier alpha value is -2.95. The fourth-order valence-corrected chi connectivity index (χ4v) is 5.30. The molecule has 5 N–H and O–H groups in total. The molecular weight excluding hydrogens is 485 g/mol. The van der Waals surface area contributed by atoms with Crippen molar-refractivity contribution in [2.45, 2.75) is 62.5 Å². The van der Waals surface area contributed by atoms with Gasteiger partial charge in [-0.25, -0.2) is 0 Å². The lowest BCUT2D eigenvalue weighted by Gasteiger charge is -2.40. The first-order valence-corrected chi connectivity index (χ1v) is 12.6. The standard InChI is InChI=1S/C27H33F3N4O3/c28-27(29,30)21-3-1-2-19(14-21)25(36)32-16-24(35)33-22-10-13-34(17-22)23-8-11-26(37,12-9-23)20-6-4-18(15-31)5-7-20/h1-7,14,22-23,37H,8-13,15-17,31H2,(H,32,36)(H,33,35)/t22-,23?,26?/m1/s1. The normalized spacial score (nSPS) is 24.6. The van der Waals surface area contributed by atoms with Gasteiger partial charge in [0, 0.05) is 37.3 Å². The van der Waals surface area contributed by atoms with Crippen LogP contribution in [0.25, 0.3) is 0 Å². The van der Waals surface area contributed by atoms with Gasteiger partial charge in [-0.15, -0.1) is 0 Å². The maximum atomic E-state index is 12.9. The Morgan fingerprint density at radius 1 is 1.08 bits per heavy atom. The van der Waals surface area contributed by atoms with Crippen molar-refractivity contribution in [3.05, 3.63) is 70.8 Å². The Morgan fingerprint density at radius 3 is 2.43 bits per heavy atom. The average Bonchev–Trinajstić information content (AvgIpc) is 3.35.